The van der Waals surface area contributed by atoms with Crippen LogP contribution >= 0.6 is 23.2 Å². The molecule has 0 radical (unpaired) electrons. The Morgan fingerprint density at radius 3 is 2.29 bits per heavy atom. The van der Waals surface area contributed by atoms with E-state index in [4.69, 9.17) is 23.2 Å². The molecular formula is C23H24Cl2N4O2. The normalized spacial score (nSPS) is 12.2. The molecule has 0 fully saturated rings. The van der Waals surface area contributed by atoms with Gasteiger partial charge in [0.2, 0.25) is 0 Å². The van der Waals surface area contributed by atoms with Gasteiger partial charge in [-0.25, -0.2) is 10.1 Å². The van der Waals surface area contributed by atoms with E-state index in [1.165, 1.54) is 4.68 Å². The molecule has 2 N–H and O–H groups in total. The van der Waals surface area contributed by atoms with E-state index in [-0.39, 0.29) is 16.9 Å². The van der Waals surface area contributed by atoms with Gasteiger partial charge in [-0.3, -0.25) is 14.7 Å². The van der Waals surface area contributed by atoms with Crippen molar-refractivity contribution in [3.8, 4) is 5.69 Å². The summed E-state index contributed by atoms with van der Waals surface area (Å²) in [6.07, 6.45) is 0. The summed E-state index contributed by atoms with van der Waals surface area (Å²) < 4.78 is 1.36. The molecule has 0 unspecified atom stereocenters. The predicted molar refractivity (Wildman–Crippen MR) is 126 cm³/mol. The molecule has 6 nitrogen and oxygen atoms in total. The molecule has 0 aliphatic carbocycles. The molecule has 0 aliphatic heterocycles. The smallest absolute Gasteiger partial charge is 0.280 e. The summed E-state index contributed by atoms with van der Waals surface area (Å²) in [5.74, 6) is -0.349. The number of halogens is 2. The summed E-state index contributed by atoms with van der Waals surface area (Å²) >= 11 is 12.0. The van der Waals surface area contributed by atoms with Crippen LogP contribution in [0.5, 0.6) is 0 Å². The lowest BCUT2D eigenvalue weighted by Gasteiger charge is -2.18. The van der Waals surface area contributed by atoms with Crippen LogP contribution in [0.15, 0.2) is 52.4 Å². The Bertz CT molecular complexity index is 1220. The molecule has 1 heterocycles. The Hall–Kier alpha value is -2.83. The van der Waals surface area contributed by atoms with E-state index in [1.807, 2.05) is 12.1 Å². The number of rotatable bonds is 4. The molecule has 3 rings (SSSR count). The van der Waals surface area contributed by atoms with Gasteiger partial charge in [-0.1, -0.05) is 56.1 Å². The number of aromatic amines is 1. The van der Waals surface area contributed by atoms with Crippen LogP contribution in [0.2, 0.25) is 10.0 Å². The van der Waals surface area contributed by atoms with E-state index in [0.29, 0.717) is 38.3 Å². The minimum absolute atomic E-state index is 0.00374. The summed E-state index contributed by atoms with van der Waals surface area (Å²) in [5, 5.41) is 7.89. The quantitative estimate of drug-likeness (QED) is 0.414. The average Bonchev–Trinajstić information content (AvgIpc) is 3.01. The fraction of sp³-hybridized carbons (Fsp3) is 0.261. The highest BCUT2D eigenvalue weighted by Gasteiger charge is 2.17. The number of hydrazone groups is 1. The Morgan fingerprint density at radius 2 is 1.71 bits per heavy atom. The molecule has 162 valence electrons. The molecule has 0 saturated heterocycles. The zero-order valence-corrected chi connectivity index (χ0v) is 19.5. The molecule has 0 bridgehead atoms. The Morgan fingerprint density at radius 1 is 1.06 bits per heavy atom. The van der Waals surface area contributed by atoms with Gasteiger partial charge < -0.3 is 0 Å². The summed E-state index contributed by atoms with van der Waals surface area (Å²) in [4.78, 5) is 25.4. The first-order valence-electron chi connectivity index (χ1n) is 9.71. The summed E-state index contributed by atoms with van der Waals surface area (Å²) in [7, 11) is 0. The molecule has 1 aromatic heterocycles. The molecule has 0 aliphatic rings. The number of hydrogen-bond acceptors (Lipinski definition) is 3. The van der Waals surface area contributed by atoms with Crippen LogP contribution in [0.3, 0.4) is 0 Å². The molecule has 0 atom stereocenters. The second kappa shape index (κ2) is 8.73. The minimum Gasteiger partial charge on any atom is -0.295 e. The third-order valence-corrected chi connectivity index (χ3v) is 5.67. The number of benzene rings is 2. The van der Waals surface area contributed by atoms with Crippen molar-refractivity contribution in [1.29, 1.82) is 0 Å². The molecule has 31 heavy (non-hydrogen) atoms. The number of amides is 1. The number of nitrogens with zero attached hydrogens (tertiary/aromatic N) is 2. The summed E-state index contributed by atoms with van der Waals surface area (Å²) in [6.45, 7) is 9.76. The zero-order valence-electron chi connectivity index (χ0n) is 18.0. The SMILES string of the molecule is C/C(=N/NC(=O)c1ccc(C(C)(C)C)cc1)c1c(C)[nH]n(-c2ccc(Cl)c(Cl)c2)c1=O. The van der Waals surface area contributed by atoms with Crippen molar-refractivity contribution in [2.24, 2.45) is 5.10 Å². The van der Waals surface area contributed by atoms with Crippen LogP contribution in [-0.4, -0.2) is 21.4 Å². The monoisotopic (exact) mass is 458 g/mol. The predicted octanol–water partition coefficient (Wildman–Crippen LogP) is 5.23. The second-order valence-electron chi connectivity index (χ2n) is 8.32. The fourth-order valence-corrected chi connectivity index (χ4v) is 3.45. The first-order valence-corrected chi connectivity index (χ1v) is 10.5. The summed E-state index contributed by atoms with van der Waals surface area (Å²) in [6, 6.07) is 12.3. The van der Waals surface area contributed by atoms with Gasteiger partial charge in [-0.15, -0.1) is 0 Å². The molecule has 0 saturated carbocycles. The highest BCUT2D eigenvalue weighted by molar-refractivity contribution is 6.42. The molecular weight excluding hydrogens is 435 g/mol. The molecule has 2 aromatic carbocycles. The number of aromatic nitrogens is 2. The lowest BCUT2D eigenvalue weighted by atomic mass is 9.87. The average molecular weight is 459 g/mol. The number of aryl methyl sites for hydroxylation is 1. The van der Waals surface area contributed by atoms with Crippen LogP contribution in [0, 0.1) is 6.92 Å². The Labute approximate surface area is 190 Å². The highest BCUT2D eigenvalue weighted by atomic mass is 35.5. The molecule has 3 aromatic rings. The first kappa shape index (κ1) is 22.8. The fourth-order valence-electron chi connectivity index (χ4n) is 3.16. The van der Waals surface area contributed by atoms with E-state index in [1.54, 1.807) is 44.2 Å². The number of carbonyl (C=O) groups excluding carboxylic acids is 1. The Kier molecular flexibility index (Phi) is 6.43. The minimum atomic E-state index is -0.349. The molecule has 1 amide bonds. The lowest BCUT2D eigenvalue weighted by molar-refractivity contribution is 0.0954. The second-order valence-corrected chi connectivity index (χ2v) is 9.13. The van der Waals surface area contributed by atoms with Crippen molar-refractivity contribution in [3.05, 3.63) is 85.2 Å². The van der Waals surface area contributed by atoms with Crippen LogP contribution in [0.4, 0.5) is 0 Å². The highest BCUT2D eigenvalue weighted by Crippen LogP contribution is 2.24. The standard InChI is InChI=1S/C23H24Cl2N4O2/c1-13(26-27-21(30)15-6-8-16(9-7-15)23(3,4)5)20-14(2)28-29(22(20)31)17-10-11-18(24)19(25)12-17/h6-12,28H,1-5H3,(H,27,30)/b26-13-. The van der Waals surface area contributed by atoms with Gasteiger partial charge in [0.05, 0.1) is 27.0 Å². The van der Waals surface area contributed by atoms with Crippen molar-refractivity contribution in [3.63, 3.8) is 0 Å². The topological polar surface area (TPSA) is 79.2 Å². The van der Waals surface area contributed by atoms with Crippen LogP contribution < -0.4 is 11.0 Å². The van der Waals surface area contributed by atoms with Gasteiger partial charge in [-0.05, 0) is 55.2 Å². The van der Waals surface area contributed by atoms with Crippen LogP contribution in [0.1, 0.15) is 54.9 Å². The molecule has 8 heteroatoms. The first-order chi connectivity index (χ1) is 14.5. The number of nitrogens with one attached hydrogen (secondary N) is 2. The lowest BCUT2D eigenvalue weighted by Crippen LogP contribution is -2.23. The van der Waals surface area contributed by atoms with E-state index < -0.39 is 0 Å². The summed E-state index contributed by atoms with van der Waals surface area (Å²) in [5.41, 5.74) is 5.76. The number of carbonyl (C=O) groups is 1. The van der Waals surface area contributed by atoms with Crippen molar-refractivity contribution in [2.45, 2.75) is 40.0 Å². The van der Waals surface area contributed by atoms with Crippen molar-refractivity contribution in [1.82, 2.24) is 15.2 Å². The van der Waals surface area contributed by atoms with E-state index in [0.717, 1.165) is 5.56 Å². The van der Waals surface area contributed by atoms with Gasteiger partial charge in [0, 0.05) is 11.3 Å². The maximum absolute atomic E-state index is 12.9. The third-order valence-electron chi connectivity index (χ3n) is 4.93. The third kappa shape index (κ3) is 4.92. The number of H-pyrrole nitrogens is 1. The van der Waals surface area contributed by atoms with Gasteiger partial charge in [0.15, 0.2) is 0 Å². The van der Waals surface area contributed by atoms with E-state index >= 15 is 0 Å². The molecule has 0 spiro atoms. The number of hydrogen-bond donors (Lipinski definition) is 2. The van der Waals surface area contributed by atoms with Crippen LogP contribution in [0.25, 0.3) is 5.69 Å². The maximum atomic E-state index is 12.9. The van der Waals surface area contributed by atoms with Gasteiger partial charge >= 0.3 is 0 Å². The van der Waals surface area contributed by atoms with Crippen molar-refractivity contribution in [2.75, 3.05) is 0 Å². The Balaban J connectivity index is 1.83. The van der Waals surface area contributed by atoms with E-state index in [2.05, 4.69) is 36.4 Å². The van der Waals surface area contributed by atoms with Crippen LogP contribution in [-0.2, 0) is 5.41 Å². The van der Waals surface area contributed by atoms with Gasteiger partial charge in [0.25, 0.3) is 11.5 Å². The van der Waals surface area contributed by atoms with Gasteiger partial charge in [0.1, 0.15) is 0 Å². The van der Waals surface area contributed by atoms with Crippen molar-refractivity contribution >= 4 is 34.8 Å². The zero-order chi connectivity index (χ0) is 22.9. The maximum Gasteiger partial charge on any atom is 0.280 e. The largest absolute Gasteiger partial charge is 0.295 e. The van der Waals surface area contributed by atoms with Crippen molar-refractivity contribution < 1.29 is 4.79 Å². The van der Waals surface area contributed by atoms with Gasteiger partial charge in [-0.2, -0.15) is 5.10 Å². The van der Waals surface area contributed by atoms with E-state index in [9.17, 15) is 9.59 Å².